The number of carbonyl (C=O) groups is 1. The molecule has 1 atom stereocenters. The van der Waals surface area contributed by atoms with E-state index in [4.69, 9.17) is 10.9 Å². The zero-order chi connectivity index (χ0) is 13.5. The van der Waals surface area contributed by atoms with Crippen LogP contribution in [0.5, 0.6) is 0 Å². The topological polar surface area (TPSA) is 87.7 Å². The first-order chi connectivity index (χ1) is 8.63. The van der Waals surface area contributed by atoms with Crippen LogP contribution in [0, 0.1) is 5.92 Å². The summed E-state index contributed by atoms with van der Waals surface area (Å²) in [6.07, 6.45) is 2.41. The van der Waals surface area contributed by atoms with Gasteiger partial charge in [-0.3, -0.25) is 4.79 Å². The third-order valence-electron chi connectivity index (χ3n) is 2.56. The number of anilines is 1. The van der Waals surface area contributed by atoms with Crippen molar-refractivity contribution in [2.75, 3.05) is 11.6 Å². The first-order valence-corrected chi connectivity index (χ1v) is 6.77. The normalized spacial score (nSPS) is 13.1. The molecule has 0 spiro atoms. The summed E-state index contributed by atoms with van der Waals surface area (Å²) in [5, 5.41) is 14.3. The Morgan fingerprint density at radius 2 is 2.22 bits per heavy atom. The molecule has 1 rings (SSSR count). The van der Waals surface area contributed by atoms with E-state index in [1.54, 1.807) is 11.8 Å². The molecule has 5 nitrogen and oxygen atoms in total. The van der Waals surface area contributed by atoms with Gasteiger partial charge in [0, 0.05) is 4.90 Å². The highest BCUT2D eigenvalue weighted by molar-refractivity contribution is 7.98. The van der Waals surface area contributed by atoms with E-state index >= 15 is 0 Å². The molecule has 0 aromatic heterocycles. The highest BCUT2D eigenvalue weighted by atomic mass is 32.2. The molecule has 1 unspecified atom stereocenters. The number of rotatable bonds is 5. The number of hydrogen-bond donors (Lipinski definition) is 3. The molecular weight excluding hydrogens is 250 g/mol. The van der Waals surface area contributed by atoms with Crippen molar-refractivity contribution >= 4 is 29.2 Å². The molecule has 0 fully saturated rings. The van der Waals surface area contributed by atoms with Crippen LogP contribution in [0.25, 0.3) is 0 Å². The standard InChI is InChI=1S/C12H17N3O2S/c1-3-8(11(13)15-17)12(16)14-9-6-4-5-7-10(9)18-2/h4-8,17H,3H2,1-2H3,(H2,13,15)(H,14,16). The van der Waals surface area contributed by atoms with Crippen LogP contribution in [0.15, 0.2) is 34.3 Å². The predicted molar refractivity (Wildman–Crippen MR) is 74.0 cm³/mol. The lowest BCUT2D eigenvalue weighted by Crippen LogP contribution is -2.34. The van der Waals surface area contributed by atoms with Gasteiger partial charge in [-0.1, -0.05) is 24.2 Å². The van der Waals surface area contributed by atoms with Crippen molar-refractivity contribution in [3.63, 3.8) is 0 Å². The smallest absolute Gasteiger partial charge is 0.235 e. The molecule has 0 bridgehead atoms. The Labute approximate surface area is 110 Å². The first-order valence-electron chi connectivity index (χ1n) is 5.55. The van der Waals surface area contributed by atoms with Gasteiger partial charge in [-0.15, -0.1) is 11.8 Å². The highest BCUT2D eigenvalue weighted by Crippen LogP contribution is 2.25. The van der Waals surface area contributed by atoms with Crippen molar-refractivity contribution in [3.05, 3.63) is 24.3 Å². The quantitative estimate of drug-likeness (QED) is 0.251. The van der Waals surface area contributed by atoms with E-state index in [1.165, 1.54) is 0 Å². The third-order valence-corrected chi connectivity index (χ3v) is 3.36. The van der Waals surface area contributed by atoms with Crippen LogP contribution in [0.4, 0.5) is 5.69 Å². The van der Waals surface area contributed by atoms with Crippen LogP contribution in [-0.4, -0.2) is 23.2 Å². The van der Waals surface area contributed by atoms with Crippen molar-refractivity contribution in [1.82, 2.24) is 0 Å². The minimum absolute atomic E-state index is 0.0726. The highest BCUT2D eigenvalue weighted by Gasteiger charge is 2.21. The van der Waals surface area contributed by atoms with Gasteiger partial charge in [0.2, 0.25) is 5.91 Å². The second-order valence-corrected chi connectivity index (χ2v) is 4.52. The maximum atomic E-state index is 12.0. The summed E-state index contributed by atoms with van der Waals surface area (Å²) in [6, 6.07) is 7.50. The number of nitrogens with zero attached hydrogens (tertiary/aromatic N) is 1. The zero-order valence-electron chi connectivity index (χ0n) is 10.4. The van der Waals surface area contributed by atoms with Crippen LogP contribution in [-0.2, 0) is 4.79 Å². The molecule has 1 aromatic rings. The average molecular weight is 267 g/mol. The lowest BCUT2D eigenvalue weighted by molar-refractivity contribution is -0.118. The van der Waals surface area contributed by atoms with Gasteiger partial charge in [0.25, 0.3) is 0 Å². The lowest BCUT2D eigenvalue weighted by atomic mass is 10.0. The Hall–Kier alpha value is -1.69. The van der Waals surface area contributed by atoms with Crippen LogP contribution < -0.4 is 11.1 Å². The minimum Gasteiger partial charge on any atom is -0.409 e. The number of nitrogens with two attached hydrogens (primary N) is 1. The third kappa shape index (κ3) is 3.40. The lowest BCUT2D eigenvalue weighted by Gasteiger charge is -2.15. The van der Waals surface area contributed by atoms with Gasteiger partial charge in [0.15, 0.2) is 5.84 Å². The average Bonchev–Trinajstić information content (AvgIpc) is 2.39. The van der Waals surface area contributed by atoms with Gasteiger partial charge < -0.3 is 16.3 Å². The summed E-state index contributed by atoms with van der Waals surface area (Å²) in [5.74, 6) is -0.962. The van der Waals surface area contributed by atoms with Gasteiger partial charge in [0.1, 0.15) is 0 Å². The summed E-state index contributed by atoms with van der Waals surface area (Å²) >= 11 is 1.55. The van der Waals surface area contributed by atoms with Crippen molar-refractivity contribution in [3.8, 4) is 0 Å². The van der Waals surface area contributed by atoms with Crippen molar-refractivity contribution in [1.29, 1.82) is 0 Å². The van der Waals surface area contributed by atoms with E-state index in [1.807, 2.05) is 37.4 Å². The van der Waals surface area contributed by atoms with Crippen molar-refractivity contribution in [2.24, 2.45) is 16.8 Å². The van der Waals surface area contributed by atoms with Crippen molar-refractivity contribution in [2.45, 2.75) is 18.2 Å². The molecule has 0 aliphatic carbocycles. The van der Waals surface area contributed by atoms with E-state index in [9.17, 15) is 4.79 Å². The maximum Gasteiger partial charge on any atom is 0.235 e. The fourth-order valence-electron chi connectivity index (χ4n) is 1.57. The Balaban J connectivity index is 2.86. The molecule has 1 aromatic carbocycles. The number of oxime groups is 1. The van der Waals surface area contributed by atoms with Crippen LogP contribution >= 0.6 is 11.8 Å². The molecule has 1 amide bonds. The number of carbonyl (C=O) groups excluding carboxylic acids is 1. The van der Waals surface area contributed by atoms with Gasteiger partial charge in [-0.05, 0) is 24.8 Å². The molecule has 98 valence electrons. The fraction of sp³-hybridized carbons (Fsp3) is 0.333. The number of thioether (sulfide) groups is 1. The van der Waals surface area contributed by atoms with E-state index in [0.29, 0.717) is 6.42 Å². The Kier molecular flexibility index (Phi) is 5.51. The first kappa shape index (κ1) is 14.4. The molecule has 0 saturated carbocycles. The molecule has 0 saturated heterocycles. The predicted octanol–water partition coefficient (Wildman–Crippen LogP) is 2.12. The molecular formula is C12H17N3O2S. The van der Waals surface area contributed by atoms with Gasteiger partial charge in [-0.2, -0.15) is 0 Å². The number of nitrogens with one attached hydrogen (secondary N) is 1. The molecule has 0 aliphatic heterocycles. The number of amidine groups is 1. The molecule has 0 radical (unpaired) electrons. The molecule has 18 heavy (non-hydrogen) atoms. The van der Waals surface area contributed by atoms with Gasteiger partial charge in [0.05, 0.1) is 11.6 Å². The van der Waals surface area contributed by atoms with E-state index in [0.717, 1.165) is 10.6 Å². The molecule has 0 heterocycles. The Bertz CT molecular complexity index is 449. The Morgan fingerprint density at radius 1 is 1.56 bits per heavy atom. The van der Waals surface area contributed by atoms with Crippen LogP contribution in [0.1, 0.15) is 13.3 Å². The molecule has 6 heteroatoms. The van der Waals surface area contributed by atoms with E-state index in [2.05, 4.69) is 10.5 Å². The minimum atomic E-state index is -0.620. The fourth-order valence-corrected chi connectivity index (χ4v) is 2.12. The van der Waals surface area contributed by atoms with Crippen LogP contribution in [0.2, 0.25) is 0 Å². The van der Waals surface area contributed by atoms with E-state index < -0.39 is 5.92 Å². The SMILES string of the molecule is CCC(C(=O)Nc1ccccc1SC)/C(N)=N/O. The maximum absolute atomic E-state index is 12.0. The molecule has 0 aliphatic rings. The summed E-state index contributed by atoms with van der Waals surface area (Å²) in [6.45, 7) is 1.81. The zero-order valence-corrected chi connectivity index (χ0v) is 11.2. The summed E-state index contributed by atoms with van der Waals surface area (Å²) in [5.41, 5.74) is 6.22. The second-order valence-electron chi connectivity index (χ2n) is 3.68. The van der Waals surface area contributed by atoms with Gasteiger partial charge in [-0.25, -0.2) is 0 Å². The second kappa shape index (κ2) is 6.90. The Morgan fingerprint density at radius 3 is 2.78 bits per heavy atom. The van der Waals surface area contributed by atoms with Crippen molar-refractivity contribution < 1.29 is 10.0 Å². The summed E-state index contributed by atoms with van der Waals surface area (Å²) < 4.78 is 0. The van der Waals surface area contributed by atoms with E-state index in [-0.39, 0.29) is 11.7 Å². The number of para-hydroxylation sites is 1. The van der Waals surface area contributed by atoms with Gasteiger partial charge >= 0.3 is 0 Å². The summed E-state index contributed by atoms with van der Waals surface area (Å²) in [4.78, 5) is 13.0. The largest absolute Gasteiger partial charge is 0.409 e. The summed E-state index contributed by atoms with van der Waals surface area (Å²) in [7, 11) is 0. The number of hydrogen-bond acceptors (Lipinski definition) is 4. The van der Waals surface area contributed by atoms with Crippen LogP contribution in [0.3, 0.4) is 0 Å². The molecule has 4 N–H and O–H groups in total. The number of amides is 1. The monoisotopic (exact) mass is 267 g/mol. The number of benzene rings is 1.